The first-order chi connectivity index (χ1) is 20.4. The minimum absolute atomic E-state index is 0.144. The first-order valence-corrected chi connectivity index (χ1v) is 14.1. The Labute approximate surface area is 244 Å². The molecule has 0 fully saturated rings. The van der Waals surface area contributed by atoms with Gasteiger partial charge in [-0.1, -0.05) is 32.0 Å². The van der Waals surface area contributed by atoms with E-state index in [2.05, 4.69) is 39.9 Å². The Hall–Kier alpha value is -4.77. The molecule has 4 N–H and O–H groups in total. The zero-order valence-electron chi connectivity index (χ0n) is 24.2. The van der Waals surface area contributed by atoms with E-state index in [1.807, 2.05) is 25.2 Å². The van der Waals surface area contributed by atoms with Crippen molar-refractivity contribution in [2.75, 3.05) is 30.9 Å². The second-order valence-electron chi connectivity index (χ2n) is 10.00. The van der Waals surface area contributed by atoms with Crippen molar-refractivity contribution in [3.63, 3.8) is 0 Å². The van der Waals surface area contributed by atoms with Gasteiger partial charge in [0.1, 0.15) is 5.75 Å². The molecule has 0 atom stereocenters. The second-order valence-corrected chi connectivity index (χ2v) is 10.00. The van der Waals surface area contributed by atoms with Gasteiger partial charge in [0.15, 0.2) is 5.69 Å². The van der Waals surface area contributed by atoms with Crippen molar-refractivity contribution in [1.29, 1.82) is 0 Å². The van der Waals surface area contributed by atoms with Crippen molar-refractivity contribution in [2.24, 2.45) is 7.05 Å². The van der Waals surface area contributed by atoms with Gasteiger partial charge in [0.05, 0.1) is 30.8 Å². The molecule has 0 bridgehead atoms. The number of para-hydroxylation sites is 1. The van der Waals surface area contributed by atoms with Crippen LogP contribution in [-0.4, -0.2) is 56.9 Å². The minimum atomic E-state index is -0.313. The Balaban J connectivity index is 1.44. The number of fused-ring (bicyclic) bond motifs is 3. The molecule has 5 rings (SSSR count). The number of rotatable bonds is 10. The fourth-order valence-electron chi connectivity index (χ4n) is 5.30. The third-order valence-corrected chi connectivity index (χ3v) is 7.44. The fraction of sp³-hybridized carbons (Fsp3) is 0.323. The molecule has 0 saturated carbocycles. The SMILES string of the molecule is CCc1cccc(CC)c1NC(=O)c1nn(C)c2c1CCc1cnc(Nc3ccc(C(=O)NCCO)cc3OC)nc1-2. The fourth-order valence-corrected chi connectivity index (χ4v) is 5.30. The summed E-state index contributed by atoms with van der Waals surface area (Å²) < 4.78 is 7.22. The molecule has 0 unspecified atom stereocenters. The number of nitrogens with one attached hydrogen (secondary N) is 3. The van der Waals surface area contributed by atoms with Crippen molar-refractivity contribution in [2.45, 2.75) is 39.5 Å². The maximum absolute atomic E-state index is 13.6. The van der Waals surface area contributed by atoms with Gasteiger partial charge in [0, 0.05) is 36.6 Å². The molecule has 218 valence electrons. The highest BCUT2D eigenvalue weighted by Gasteiger charge is 2.29. The highest BCUT2D eigenvalue weighted by molar-refractivity contribution is 6.06. The van der Waals surface area contributed by atoms with Crippen LogP contribution < -0.4 is 20.7 Å². The van der Waals surface area contributed by atoms with Crippen LogP contribution in [0.3, 0.4) is 0 Å². The molecule has 0 radical (unpaired) electrons. The zero-order valence-corrected chi connectivity index (χ0v) is 24.2. The second kappa shape index (κ2) is 12.4. The van der Waals surface area contributed by atoms with Gasteiger partial charge >= 0.3 is 0 Å². The van der Waals surface area contributed by atoms with Crippen molar-refractivity contribution < 1.29 is 19.4 Å². The minimum Gasteiger partial charge on any atom is -0.495 e. The van der Waals surface area contributed by atoms with E-state index in [0.717, 1.165) is 46.5 Å². The van der Waals surface area contributed by atoms with E-state index in [-0.39, 0.29) is 25.0 Å². The van der Waals surface area contributed by atoms with Gasteiger partial charge in [0.25, 0.3) is 11.8 Å². The summed E-state index contributed by atoms with van der Waals surface area (Å²) in [6.07, 6.45) is 4.75. The summed E-state index contributed by atoms with van der Waals surface area (Å²) in [7, 11) is 3.33. The number of carbonyl (C=O) groups excluding carboxylic acids is 2. The Morgan fingerprint density at radius 2 is 1.83 bits per heavy atom. The maximum atomic E-state index is 13.6. The topological polar surface area (TPSA) is 143 Å². The third-order valence-electron chi connectivity index (χ3n) is 7.44. The lowest BCUT2D eigenvalue weighted by Crippen LogP contribution is -2.26. The molecule has 0 saturated heterocycles. The molecule has 4 aromatic rings. The van der Waals surface area contributed by atoms with Crippen LogP contribution in [-0.2, 0) is 32.7 Å². The van der Waals surface area contributed by atoms with Gasteiger partial charge in [-0.25, -0.2) is 9.97 Å². The molecule has 0 aliphatic heterocycles. The largest absolute Gasteiger partial charge is 0.495 e. The predicted molar refractivity (Wildman–Crippen MR) is 160 cm³/mol. The van der Waals surface area contributed by atoms with Gasteiger partial charge in [-0.2, -0.15) is 5.10 Å². The number of carbonyl (C=O) groups is 2. The molecular weight excluding hydrogens is 534 g/mol. The lowest BCUT2D eigenvalue weighted by atomic mass is 9.93. The van der Waals surface area contributed by atoms with Gasteiger partial charge in [-0.3, -0.25) is 14.3 Å². The highest BCUT2D eigenvalue weighted by Crippen LogP contribution is 2.36. The molecule has 2 amide bonds. The predicted octanol–water partition coefficient (Wildman–Crippen LogP) is 3.83. The summed E-state index contributed by atoms with van der Waals surface area (Å²) in [6.45, 7) is 4.18. The Kier molecular flexibility index (Phi) is 8.48. The number of anilines is 3. The number of hydrogen-bond acceptors (Lipinski definition) is 8. The first-order valence-electron chi connectivity index (χ1n) is 14.1. The van der Waals surface area contributed by atoms with E-state index in [1.165, 1.54) is 7.11 Å². The van der Waals surface area contributed by atoms with Gasteiger partial charge in [0.2, 0.25) is 5.95 Å². The van der Waals surface area contributed by atoms with Crippen LogP contribution in [0, 0.1) is 0 Å². The van der Waals surface area contributed by atoms with Gasteiger partial charge < -0.3 is 25.8 Å². The lowest BCUT2D eigenvalue weighted by Gasteiger charge is -2.18. The van der Waals surface area contributed by atoms with Crippen LogP contribution in [0.1, 0.15) is 56.9 Å². The molecule has 11 heteroatoms. The molecule has 2 aromatic heterocycles. The number of aliphatic hydroxyl groups excluding tert-OH is 1. The van der Waals surface area contributed by atoms with Crippen LogP contribution >= 0.6 is 0 Å². The monoisotopic (exact) mass is 569 g/mol. The summed E-state index contributed by atoms with van der Waals surface area (Å²) in [5.74, 6) is 0.235. The Bertz CT molecular complexity index is 1620. The Morgan fingerprint density at radius 1 is 1.07 bits per heavy atom. The molecule has 2 heterocycles. The van der Waals surface area contributed by atoms with E-state index in [0.29, 0.717) is 47.2 Å². The maximum Gasteiger partial charge on any atom is 0.276 e. The van der Waals surface area contributed by atoms with E-state index in [4.69, 9.17) is 14.8 Å². The van der Waals surface area contributed by atoms with Gasteiger partial charge in [-0.05, 0) is 60.6 Å². The average molecular weight is 570 g/mol. The number of aliphatic hydroxyl groups is 1. The average Bonchev–Trinajstić information content (AvgIpc) is 3.36. The molecule has 42 heavy (non-hydrogen) atoms. The number of methoxy groups -OCH3 is 1. The zero-order chi connectivity index (χ0) is 29.8. The molecule has 1 aliphatic rings. The van der Waals surface area contributed by atoms with Crippen molar-refractivity contribution in [3.8, 4) is 17.1 Å². The Morgan fingerprint density at radius 3 is 2.52 bits per heavy atom. The quantitative estimate of drug-likeness (QED) is 0.226. The third kappa shape index (κ3) is 5.55. The number of aromatic nitrogens is 4. The molecule has 0 spiro atoms. The molecular formula is C31H35N7O4. The highest BCUT2D eigenvalue weighted by atomic mass is 16.5. The van der Waals surface area contributed by atoms with Gasteiger partial charge in [-0.15, -0.1) is 0 Å². The number of aryl methyl sites for hydroxylation is 4. The van der Waals surface area contributed by atoms with E-state index in [1.54, 1.807) is 29.1 Å². The summed E-state index contributed by atoms with van der Waals surface area (Å²) in [4.78, 5) is 35.2. The standard InChI is InChI=1S/C31H35N7O4/c1-5-18-8-7-9-19(6-2)25(18)35-30(41)27-22-12-10-21-17-33-31(36-26(21)28(22)38(3)37-27)34-23-13-11-20(16-24(23)42-4)29(40)32-14-15-39/h7-9,11,13,16-17,39H,5-6,10,12,14-15H2,1-4H3,(H,32,40)(H,35,41)(H,33,34,36). The van der Waals surface area contributed by atoms with E-state index >= 15 is 0 Å². The normalized spacial score (nSPS) is 11.8. The van der Waals surface area contributed by atoms with Crippen LogP contribution in [0.5, 0.6) is 5.75 Å². The first kappa shape index (κ1) is 28.7. The van der Waals surface area contributed by atoms with Crippen molar-refractivity contribution in [1.82, 2.24) is 25.1 Å². The lowest BCUT2D eigenvalue weighted by molar-refractivity contribution is 0.0943. The number of nitrogens with zero attached hydrogens (tertiary/aromatic N) is 4. The molecule has 1 aliphatic carbocycles. The van der Waals surface area contributed by atoms with Crippen LogP contribution in [0.15, 0.2) is 42.6 Å². The number of hydrogen-bond donors (Lipinski definition) is 4. The van der Waals surface area contributed by atoms with Crippen molar-refractivity contribution in [3.05, 3.63) is 76.1 Å². The van der Waals surface area contributed by atoms with Crippen LogP contribution in [0.25, 0.3) is 11.4 Å². The number of amides is 2. The van der Waals surface area contributed by atoms with Crippen LogP contribution in [0.4, 0.5) is 17.3 Å². The number of ether oxygens (including phenoxy) is 1. The summed E-state index contributed by atoms with van der Waals surface area (Å²) >= 11 is 0. The van der Waals surface area contributed by atoms with Crippen LogP contribution in [0.2, 0.25) is 0 Å². The summed E-state index contributed by atoms with van der Waals surface area (Å²) in [6, 6.07) is 11.1. The molecule has 11 nitrogen and oxygen atoms in total. The summed E-state index contributed by atoms with van der Waals surface area (Å²) in [5.41, 5.74) is 7.75. The molecule has 2 aromatic carbocycles. The summed E-state index contributed by atoms with van der Waals surface area (Å²) in [5, 5.41) is 22.6. The number of benzene rings is 2. The van der Waals surface area contributed by atoms with Crippen molar-refractivity contribution >= 4 is 29.1 Å². The van der Waals surface area contributed by atoms with E-state index in [9.17, 15) is 9.59 Å². The van der Waals surface area contributed by atoms with E-state index < -0.39 is 0 Å². The smallest absolute Gasteiger partial charge is 0.276 e.